The Hall–Kier alpha value is -2.57. The molecule has 7 heteroatoms. The van der Waals surface area contributed by atoms with Crippen molar-refractivity contribution in [2.24, 2.45) is 0 Å². The molecule has 1 N–H and O–H groups in total. The Balaban J connectivity index is 1.76. The monoisotopic (exact) mass is 346 g/mol. The largest absolute Gasteiger partial charge is 0.416 e. The maximum absolute atomic E-state index is 12.8. The van der Waals surface area contributed by atoms with Crippen LogP contribution in [0.2, 0.25) is 0 Å². The number of nitrogens with one attached hydrogen (secondary N) is 1. The first-order valence-electron chi connectivity index (χ1n) is 8.13. The molecule has 1 unspecified atom stereocenters. The molecule has 2 aromatic heterocycles. The zero-order chi connectivity index (χ0) is 17.7. The van der Waals surface area contributed by atoms with Crippen LogP contribution in [0.5, 0.6) is 0 Å². The van der Waals surface area contributed by atoms with E-state index in [-0.39, 0.29) is 0 Å². The van der Waals surface area contributed by atoms with Gasteiger partial charge in [-0.25, -0.2) is 9.97 Å². The van der Waals surface area contributed by atoms with E-state index in [1.54, 1.807) is 12.1 Å². The molecule has 3 aromatic rings. The van der Waals surface area contributed by atoms with E-state index in [1.165, 1.54) is 6.33 Å². The normalized spacial score (nSPS) is 21.2. The van der Waals surface area contributed by atoms with Gasteiger partial charge in [0, 0.05) is 12.7 Å². The third-order valence-corrected chi connectivity index (χ3v) is 5.06. The lowest BCUT2D eigenvalue weighted by Gasteiger charge is -2.37. The number of nitrogens with zero attached hydrogens (tertiary/aromatic N) is 3. The molecule has 0 spiro atoms. The van der Waals surface area contributed by atoms with Gasteiger partial charge in [-0.15, -0.1) is 0 Å². The molecule has 0 radical (unpaired) electrons. The molecule has 3 heterocycles. The Morgan fingerprint density at radius 1 is 1.12 bits per heavy atom. The molecule has 25 heavy (non-hydrogen) atoms. The smallest absolute Gasteiger partial charge is 0.346 e. The van der Waals surface area contributed by atoms with E-state index < -0.39 is 17.3 Å². The van der Waals surface area contributed by atoms with E-state index in [4.69, 9.17) is 0 Å². The highest BCUT2D eigenvalue weighted by molar-refractivity contribution is 5.87. The molecule has 4 nitrogen and oxygen atoms in total. The Bertz CT molecular complexity index is 901. The molecule has 1 aliphatic rings. The number of aromatic nitrogens is 3. The minimum atomic E-state index is -4.32. The summed E-state index contributed by atoms with van der Waals surface area (Å²) in [6.07, 6.45) is 0.814. The summed E-state index contributed by atoms with van der Waals surface area (Å²) in [6, 6.07) is 7.40. The zero-order valence-electron chi connectivity index (χ0n) is 13.6. The van der Waals surface area contributed by atoms with Crippen molar-refractivity contribution < 1.29 is 13.2 Å². The number of hydrogen-bond acceptors (Lipinski definition) is 3. The van der Waals surface area contributed by atoms with E-state index in [1.807, 2.05) is 12.3 Å². The van der Waals surface area contributed by atoms with Crippen LogP contribution in [-0.2, 0) is 11.7 Å². The van der Waals surface area contributed by atoms with E-state index in [9.17, 15) is 13.2 Å². The number of aromatic amines is 1. The fourth-order valence-electron chi connectivity index (χ4n) is 3.69. The lowest BCUT2D eigenvalue weighted by molar-refractivity contribution is -0.137. The number of halogens is 3. The molecule has 0 amide bonds. The Morgan fingerprint density at radius 2 is 1.88 bits per heavy atom. The second-order valence-electron chi connectivity index (χ2n) is 6.54. The van der Waals surface area contributed by atoms with Gasteiger partial charge in [0.05, 0.1) is 16.5 Å². The second-order valence-corrected chi connectivity index (χ2v) is 6.54. The summed E-state index contributed by atoms with van der Waals surface area (Å²) in [5.41, 5.74) is 0.592. The number of fused-ring (bicyclic) bond motifs is 1. The summed E-state index contributed by atoms with van der Waals surface area (Å²) < 4.78 is 38.5. The maximum Gasteiger partial charge on any atom is 0.416 e. The van der Waals surface area contributed by atoms with Gasteiger partial charge in [0.25, 0.3) is 0 Å². The first-order chi connectivity index (χ1) is 11.9. The lowest BCUT2D eigenvalue weighted by atomic mass is 9.88. The molecule has 0 aliphatic carbocycles. The first-order valence-corrected chi connectivity index (χ1v) is 8.13. The molecule has 1 saturated heterocycles. The van der Waals surface area contributed by atoms with Crippen LogP contribution in [0.1, 0.15) is 30.9 Å². The Morgan fingerprint density at radius 3 is 2.60 bits per heavy atom. The van der Waals surface area contributed by atoms with Crippen molar-refractivity contribution in [1.29, 1.82) is 0 Å². The van der Waals surface area contributed by atoms with Gasteiger partial charge in [0.2, 0.25) is 0 Å². The van der Waals surface area contributed by atoms with Crippen LogP contribution in [0.25, 0.3) is 11.0 Å². The Kier molecular flexibility index (Phi) is 3.49. The van der Waals surface area contributed by atoms with Gasteiger partial charge in [-0.1, -0.05) is 12.1 Å². The van der Waals surface area contributed by atoms with E-state index in [0.717, 1.165) is 53.9 Å². The minimum Gasteiger partial charge on any atom is -0.346 e. The summed E-state index contributed by atoms with van der Waals surface area (Å²) in [5, 5.41) is 0.919. The third kappa shape index (κ3) is 2.54. The van der Waals surface area contributed by atoms with Crippen molar-refractivity contribution >= 4 is 16.9 Å². The molecule has 1 aromatic carbocycles. The topological polar surface area (TPSA) is 44.8 Å². The van der Waals surface area contributed by atoms with Crippen molar-refractivity contribution in [2.45, 2.75) is 31.5 Å². The average molecular weight is 346 g/mol. The molecule has 1 atom stereocenters. The van der Waals surface area contributed by atoms with E-state index in [2.05, 4.69) is 26.8 Å². The van der Waals surface area contributed by atoms with Crippen molar-refractivity contribution in [3.05, 3.63) is 54.0 Å². The summed E-state index contributed by atoms with van der Waals surface area (Å²) >= 11 is 0. The highest BCUT2D eigenvalue weighted by Crippen LogP contribution is 2.43. The first kappa shape index (κ1) is 15.9. The molecule has 4 rings (SSSR count). The predicted molar refractivity (Wildman–Crippen MR) is 89.3 cm³/mol. The molecular formula is C18H17F3N4. The van der Waals surface area contributed by atoms with Crippen LogP contribution in [0.4, 0.5) is 19.0 Å². The fraction of sp³-hybridized carbons (Fsp3) is 0.333. The van der Waals surface area contributed by atoms with Gasteiger partial charge < -0.3 is 9.88 Å². The van der Waals surface area contributed by atoms with Crippen LogP contribution in [0.3, 0.4) is 0 Å². The van der Waals surface area contributed by atoms with Gasteiger partial charge in [-0.3, -0.25) is 0 Å². The SMILES string of the molecule is CC1(c2ccc(C(F)(F)F)cc2)CCCN1c1ncnc2[nH]ccc12. The van der Waals surface area contributed by atoms with Crippen LogP contribution < -0.4 is 4.90 Å². The van der Waals surface area contributed by atoms with Gasteiger partial charge in [0.1, 0.15) is 17.8 Å². The summed E-state index contributed by atoms with van der Waals surface area (Å²) in [4.78, 5) is 13.9. The standard InChI is InChI=1S/C18H17F3N4/c1-17(12-3-5-13(6-4-12)18(19,20)21)8-2-10-25(17)16-14-7-9-22-15(14)23-11-24-16/h3-7,9,11H,2,8,10H2,1H3,(H,22,23,24). The number of H-pyrrole nitrogens is 1. The van der Waals surface area contributed by atoms with Gasteiger partial charge >= 0.3 is 6.18 Å². The molecule has 0 bridgehead atoms. The third-order valence-electron chi connectivity index (χ3n) is 5.06. The summed E-state index contributed by atoms with van der Waals surface area (Å²) in [7, 11) is 0. The zero-order valence-corrected chi connectivity index (χ0v) is 13.6. The second kappa shape index (κ2) is 5.47. The predicted octanol–water partition coefficient (Wildman–Crippen LogP) is 4.49. The summed E-state index contributed by atoms with van der Waals surface area (Å²) in [5.74, 6) is 0.811. The van der Waals surface area contributed by atoms with Crippen molar-refractivity contribution in [3.63, 3.8) is 0 Å². The van der Waals surface area contributed by atoms with Crippen molar-refractivity contribution in [2.75, 3.05) is 11.4 Å². The average Bonchev–Trinajstić information content (AvgIpc) is 3.21. The van der Waals surface area contributed by atoms with Crippen LogP contribution in [-0.4, -0.2) is 21.5 Å². The highest BCUT2D eigenvalue weighted by atomic mass is 19.4. The van der Waals surface area contributed by atoms with Gasteiger partial charge in [-0.05, 0) is 43.5 Å². The van der Waals surface area contributed by atoms with Crippen LogP contribution in [0.15, 0.2) is 42.9 Å². The van der Waals surface area contributed by atoms with Gasteiger partial charge in [-0.2, -0.15) is 13.2 Å². The van der Waals surface area contributed by atoms with E-state index in [0.29, 0.717) is 0 Å². The number of alkyl halides is 3. The van der Waals surface area contributed by atoms with Crippen molar-refractivity contribution in [3.8, 4) is 0 Å². The number of benzene rings is 1. The van der Waals surface area contributed by atoms with Crippen molar-refractivity contribution in [1.82, 2.24) is 15.0 Å². The Labute approximate surface area is 142 Å². The summed E-state index contributed by atoms with van der Waals surface area (Å²) in [6.45, 7) is 2.86. The number of anilines is 1. The number of rotatable bonds is 2. The molecule has 130 valence electrons. The maximum atomic E-state index is 12.8. The molecule has 1 fully saturated rings. The van der Waals surface area contributed by atoms with Gasteiger partial charge in [0.15, 0.2) is 0 Å². The molecular weight excluding hydrogens is 329 g/mol. The van der Waals surface area contributed by atoms with Crippen LogP contribution in [0, 0.1) is 0 Å². The molecule has 1 aliphatic heterocycles. The van der Waals surface area contributed by atoms with E-state index >= 15 is 0 Å². The highest BCUT2D eigenvalue weighted by Gasteiger charge is 2.40. The number of hydrogen-bond donors (Lipinski definition) is 1. The minimum absolute atomic E-state index is 0.400. The van der Waals surface area contributed by atoms with Crippen LogP contribution >= 0.6 is 0 Å². The molecule has 0 saturated carbocycles. The fourth-order valence-corrected chi connectivity index (χ4v) is 3.69. The quantitative estimate of drug-likeness (QED) is 0.743. The lowest BCUT2D eigenvalue weighted by Crippen LogP contribution is -2.39.